The SMILES string of the molecule is CC(C)CNCc1cc(F)c(OCc2ccccc2)c(F)c1. The first kappa shape index (κ1) is 16.4. The minimum Gasteiger partial charge on any atom is -0.483 e. The Bertz CT molecular complexity index is 576. The van der Waals surface area contributed by atoms with Crippen molar-refractivity contribution in [2.45, 2.75) is 27.0 Å². The zero-order valence-electron chi connectivity index (χ0n) is 12.9. The highest BCUT2D eigenvalue weighted by Gasteiger charge is 2.13. The third-order valence-electron chi connectivity index (χ3n) is 3.17. The molecular weight excluding hydrogens is 284 g/mol. The van der Waals surface area contributed by atoms with E-state index in [4.69, 9.17) is 4.74 Å². The minimum atomic E-state index is -0.669. The Labute approximate surface area is 130 Å². The predicted octanol–water partition coefficient (Wildman–Crippen LogP) is 4.29. The summed E-state index contributed by atoms with van der Waals surface area (Å²) >= 11 is 0. The quantitative estimate of drug-likeness (QED) is 0.824. The molecule has 0 atom stereocenters. The zero-order valence-corrected chi connectivity index (χ0v) is 12.9. The largest absolute Gasteiger partial charge is 0.483 e. The lowest BCUT2D eigenvalue weighted by atomic mass is 10.1. The van der Waals surface area contributed by atoms with Gasteiger partial charge < -0.3 is 10.1 Å². The second-order valence-corrected chi connectivity index (χ2v) is 5.69. The smallest absolute Gasteiger partial charge is 0.191 e. The maximum atomic E-state index is 14.0. The second kappa shape index (κ2) is 7.90. The van der Waals surface area contributed by atoms with Crippen LogP contribution in [-0.2, 0) is 13.2 Å². The molecule has 22 heavy (non-hydrogen) atoms. The normalized spacial score (nSPS) is 11.0. The van der Waals surface area contributed by atoms with Crippen LogP contribution in [0.2, 0.25) is 0 Å². The summed E-state index contributed by atoms with van der Waals surface area (Å²) in [6, 6.07) is 11.9. The molecular formula is C18H21F2NO. The van der Waals surface area contributed by atoms with Crippen LogP contribution in [0.15, 0.2) is 42.5 Å². The van der Waals surface area contributed by atoms with Gasteiger partial charge in [-0.25, -0.2) is 8.78 Å². The van der Waals surface area contributed by atoms with Gasteiger partial charge >= 0.3 is 0 Å². The monoisotopic (exact) mass is 305 g/mol. The van der Waals surface area contributed by atoms with Crippen molar-refractivity contribution in [2.75, 3.05) is 6.54 Å². The first-order valence-electron chi connectivity index (χ1n) is 7.41. The summed E-state index contributed by atoms with van der Waals surface area (Å²) in [6.45, 7) is 5.53. The van der Waals surface area contributed by atoms with Crippen LogP contribution in [-0.4, -0.2) is 6.54 Å². The number of ether oxygens (including phenoxy) is 1. The molecule has 0 heterocycles. The molecule has 2 aromatic carbocycles. The van der Waals surface area contributed by atoms with Gasteiger partial charge in [0.15, 0.2) is 17.4 Å². The zero-order chi connectivity index (χ0) is 15.9. The average molecular weight is 305 g/mol. The molecule has 0 saturated heterocycles. The third kappa shape index (κ3) is 4.81. The van der Waals surface area contributed by atoms with Gasteiger partial charge in [0, 0.05) is 6.54 Å². The molecule has 0 bridgehead atoms. The highest BCUT2D eigenvalue weighted by Crippen LogP contribution is 2.24. The van der Waals surface area contributed by atoms with Crippen molar-refractivity contribution < 1.29 is 13.5 Å². The molecule has 0 unspecified atom stereocenters. The van der Waals surface area contributed by atoms with E-state index in [1.54, 1.807) is 0 Å². The van der Waals surface area contributed by atoms with Crippen LogP contribution in [0.5, 0.6) is 5.75 Å². The van der Waals surface area contributed by atoms with E-state index in [0.29, 0.717) is 18.0 Å². The van der Waals surface area contributed by atoms with Crippen LogP contribution >= 0.6 is 0 Å². The number of halogens is 2. The van der Waals surface area contributed by atoms with E-state index in [-0.39, 0.29) is 12.4 Å². The predicted molar refractivity (Wildman–Crippen MR) is 83.7 cm³/mol. The number of rotatable bonds is 7. The van der Waals surface area contributed by atoms with Crippen LogP contribution in [0, 0.1) is 17.6 Å². The minimum absolute atomic E-state index is 0.139. The van der Waals surface area contributed by atoms with Gasteiger partial charge in [0.1, 0.15) is 6.61 Å². The molecule has 2 aromatic rings. The van der Waals surface area contributed by atoms with E-state index in [9.17, 15) is 8.78 Å². The van der Waals surface area contributed by atoms with Crippen molar-refractivity contribution in [2.24, 2.45) is 5.92 Å². The molecule has 0 fully saturated rings. The number of benzene rings is 2. The molecule has 0 amide bonds. The Morgan fingerprint density at radius 2 is 1.64 bits per heavy atom. The summed E-state index contributed by atoms with van der Waals surface area (Å²) in [7, 11) is 0. The maximum absolute atomic E-state index is 14.0. The fourth-order valence-electron chi connectivity index (χ4n) is 2.09. The molecule has 0 aliphatic heterocycles. The number of hydrogen-bond acceptors (Lipinski definition) is 2. The molecule has 4 heteroatoms. The van der Waals surface area contributed by atoms with Crippen molar-refractivity contribution >= 4 is 0 Å². The number of nitrogens with one attached hydrogen (secondary N) is 1. The van der Waals surface area contributed by atoms with Gasteiger partial charge in [-0.1, -0.05) is 44.2 Å². The lowest BCUT2D eigenvalue weighted by molar-refractivity contribution is 0.273. The van der Waals surface area contributed by atoms with Gasteiger partial charge in [-0.3, -0.25) is 0 Å². The molecule has 0 saturated carbocycles. The van der Waals surface area contributed by atoms with E-state index < -0.39 is 11.6 Å². The van der Waals surface area contributed by atoms with Gasteiger partial charge in [-0.05, 0) is 35.7 Å². The molecule has 0 spiro atoms. The van der Waals surface area contributed by atoms with Crippen LogP contribution in [0.1, 0.15) is 25.0 Å². The Balaban J connectivity index is 2.00. The molecule has 1 N–H and O–H groups in total. The summed E-state index contributed by atoms with van der Waals surface area (Å²) in [4.78, 5) is 0. The molecule has 0 aliphatic rings. The summed E-state index contributed by atoms with van der Waals surface area (Å²) in [5, 5.41) is 3.16. The van der Waals surface area contributed by atoms with Crippen LogP contribution in [0.3, 0.4) is 0 Å². The third-order valence-corrected chi connectivity index (χ3v) is 3.17. The van der Waals surface area contributed by atoms with Crippen LogP contribution < -0.4 is 10.1 Å². The first-order chi connectivity index (χ1) is 10.6. The van der Waals surface area contributed by atoms with Crippen molar-refractivity contribution in [3.8, 4) is 5.75 Å². The van der Waals surface area contributed by atoms with Crippen molar-refractivity contribution in [3.63, 3.8) is 0 Å². The highest BCUT2D eigenvalue weighted by atomic mass is 19.1. The van der Waals surface area contributed by atoms with Gasteiger partial charge in [0.2, 0.25) is 0 Å². The Morgan fingerprint density at radius 1 is 1.00 bits per heavy atom. The van der Waals surface area contributed by atoms with E-state index in [2.05, 4.69) is 19.2 Å². The number of hydrogen-bond donors (Lipinski definition) is 1. The van der Waals surface area contributed by atoms with Gasteiger partial charge in [0.25, 0.3) is 0 Å². The standard InChI is InChI=1S/C18H21F2NO/c1-13(2)10-21-11-15-8-16(19)18(17(20)9-15)22-12-14-6-4-3-5-7-14/h3-9,13,21H,10-12H2,1-2H3. The van der Waals surface area contributed by atoms with Gasteiger partial charge in [0.05, 0.1) is 0 Å². The summed E-state index contributed by atoms with van der Waals surface area (Å²) in [5.74, 6) is -1.17. The Morgan fingerprint density at radius 3 is 2.23 bits per heavy atom. The average Bonchev–Trinajstić information content (AvgIpc) is 2.47. The second-order valence-electron chi connectivity index (χ2n) is 5.69. The van der Waals surface area contributed by atoms with E-state index >= 15 is 0 Å². The molecule has 2 nitrogen and oxygen atoms in total. The van der Waals surface area contributed by atoms with Crippen molar-refractivity contribution in [1.29, 1.82) is 0 Å². The van der Waals surface area contributed by atoms with E-state index in [1.807, 2.05) is 30.3 Å². The van der Waals surface area contributed by atoms with E-state index in [0.717, 1.165) is 12.1 Å². The highest BCUT2D eigenvalue weighted by molar-refractivity contribution is 5.31. The van der Waals surface area contributed by atoms with Crippen LogP contribution in [0.25, 0.3) is 0 Å². The Kier molecular flexibility index (Phi) is 5.90. The van der Waals surface area contributed by atoms with Crippen molar-refractivity contribution in [1.82, 2.24) is 5.32 Å². The van der Waals surface area contributed by atoms with Gasteiger partial charge in [-0.15, -0.1) is 0 Å². The fourth-order valence-corrected chi connectivity index (χ4v) is 2.09. The molecule has 0 radical (unpaired) electrons. The van der Waals surface area contributed by atoms with Gasteiger partial charge in [-0.2, -0.15) is 0 Å². The summed E-state index contributed by atoms with van der Waals surface area (Å²) < 4.78 is 33.3. The van der Waals surface area contributed by atoms with Crippen LogP contribution in [0.4, 0.5) is 8.78 Å². The molecule has 0 aromatic heterocycles. The molecule has 2 rings (SSSR count). The summed E-state index contributed by atoms with van der Waals surface area (Å²) in [6.07, 6.45) is 0. The van der Waals surface area contributed by atoms with E-state index in [1.165, 1.54) is 12.1 Å². The first-order valence-corrected chi connectivity index (χ1v) is 7.41. The lowest BCUT2D eigenvalue weighted by Crippen LogP contribution is -2.19. The summed E-state index contributed by atoms with van der Waals surface area (Å²) in [5.41, 5.74) is 1.44. The lowest BCUT2D eigenvalue weighted by Gasteiger charge is -2.11. The maximum Gasteiger partial charge on any atom is 0.191 e. The molecule has 118 valence electrons. The molecule has 0 aliphatic carbocycles. The fraction of sp³-hybridized carbons (Fsp3) is 0.333. The topological polar surface area (TPSA) is 21.3 Å². The Hall–Kier alpha value is -1.94. The van der Waals surface area contributed by atoms with Crippen molar-refractivity contribution in [3.05, 3.63) is 65.2 Å².